The molecule has 14 heteroatoms. The SMILES string of the molecule is COc1ccc(NS(=O)(=O)CN(CCCc2ccccc2)C(=O)[C@H](CNC(=O)N2CCOCC2)S(=O)(=O)Cc2ccccc2)cc1. The third-order valence-corrected chi connectivity index (χ3v) is 10.6. The summed E-state index contributed by atoms with van der Waals surface area (Å²) in [5.41, 5.74) is 1.70. The zero-order valence-corrected chi connectivity index (χ0v) is 27.3. The van der Waals surface area contributed by atoms with E-state index in [1.165, 1.54) is 24.1 Å². The van der Waals surface area contributed by atoms with Gasteiger partial charge in [0.25, 0.3) is 10.0 Å². The van der Waals surface area contributed by atoms with Crippen LogP contribution in [0.1, 0.15) is 17.5 Å². The zero-order valence-electron chi connectivity index (χ0n) is 25.7. The molecular formula is C32H40N4O8S2. The second kappa shape index (κ2) is 16.4. The Morgan fingerprint density at radius 1 is 0.891 bits per heavy atom. The maximum Gasteiger partial charge on any atom is 0.317 e. The Bertz CT molecular complexity index is 1630. The highest BCUT2D eigenvalue weighted by molar-refractivity contribution is 7.92. The summed E-state index contributed by atoms with van der Waals surface area (Å²) in [4.78, 5) is 29.6. The van der Waals surface area contributed by atoms with Crippen molar-refractivity contribution >= 4 is 37.5 Å². The average molecular weight is 673 g/mol. The molecule has 0 aromatic heterocycles. The quantitative estimate of drug-likeness (QED) is 0.250. The number of hydrogen-bond acceptors (Lipinski definition) is 8. The summed E-state index contributed by atoms with van der Waals surface area (Å²) in [7, 11) is -6.90. The molecule has 1 heterocycles. The summed E-state index contributed by atoms with van der Waals surface area (Å²) in [6, 6.07) is 23.6. The molecule has 3 amide bonds. The number of morpholine rings is 1. The molecule has 0 radical (unpaired) electrons. The molecule has 1 aliphatic heterocycles. The minimum Gasteiger partial charge on any atom is -0.497 e. The van der Waals surface area contributed by atoms with Crippen molar-refractivity contribution in [1.29, 1.82) is 0 Å². The highest BCUT2D eigenvalue weighted by Crippen LogP contribution is 2.19. The van der Waals surface area contributed by atoms with E-state index in [4.69, 9.17) is 9.47 Å². The van der Waals surface area contributed by atoms with Gasteiger partial charge in [-0.05, 0) is 48.2 Å². The summed E-state index contributed by atoms with van der Waals surface area (Å²) < 4.78 is 67.3. The number of ether oxygens (including phenoxy) is 2. The van der Waals surface area contributed by atoms with Gasteiger partial charge in [-0.25, -0.2) is 21.6 Å². The van der Waals surface area contributed by atoms with Gasteiger partial charge in [0.15, 0.2) is 15.1 Å². The number of amides is 3. The first-order valence-corrected chi connectivity index (χ1v) is 18.3. The molecule has 0 aliphatic carbocycles. The second-order valence-electron chi connectivity index (χ2n) is 10.8. The Morgan fingerprint density at radius 3 is 2.11 bits per heavy atom. The number of urea groups is 1. The van der Waals surface area contributed by atoms with Gasteiger partial charge in [-0.1, -0.05) is 60.7 Å². The van der Waals surface area contributed by atoms with E-state index in [1.807, 2.05) is 30.3 Å². The first kappa shape index (κ1) is 34.7. The van der Waals surface area contributed by atoms with Crippen molar-refractivity contribution < 1.29 is 35.9 Å². The summed E-state index contributed by atoms with van der Waals surface area (Å²) in [5.74, 6) is -1.63. The Labute approximate surface area is 270 Å². The molecule has 3 aromatic carbocycles. The van der Waals surface area contributed by atoms with E-state index in [9.17, 15) is 26.4 Å². The molecule has 248 valence electrons. The molecule has 12 nitrogen and oxygen atoms in total. The topological polar surface area (TPSA) is 151 Å². The molecule has 0 saturated carbocycles. The van der Waals surface area contributed by atoms with Gasteiger partial charge in [-0.3, -0.25) is 9.52 Å². The minimum absolute atomic E-state index is 0.0357. The van der Waals surface area contributed by atoms with E-state index in [0.29, 0.717) is 50.5 Å². The lowest BCUT2D eigenvalue weighted by atomic mass is 10.1. The molecule has 1 aliphatic rings. The standard InChI is InChI=1S/C32H40N4O8S2/c1-43-29-16-14-28(15-17-29)34-46(41,42)25-36(18-8-13-26-9-4-2-5-10-26)31(37)30(23-33-32(38)35-19-21-44-22-20-35)45(39,40)24-27-11-6-3-7-12-27/h2-7,9-12,14-17,30,34H,8,13,18-25H2,1H3,(H,33,38)/t30-/m0/s1. The van der Waals surface area contributed by atoms with E-state index in [-0.39, 0.29) is 12.2 Å². The fourth-order valence-electron chi connectivity index (χ4n) is 4.97. The van der Waals surface area contributed by atoms with Crippen molar-refractivity contribution in [1.82, 2.24) is 15.1 Å². The molecule has 3 aromatic rings. The number of nitrogens with one attached hydrogen (secondary N) is 2. The van der Waals surface area contributed by atoms with Crippen molar-refractivity contribution in [2.75, 3.05) is 57.1 Å². The number of nitrogens with zero attached hydrogens (tertiary/aromatic N) is 2. The van der Waals surface area contributed by atoms with Gasteiger partial charge in [0.1, 0.15) is 11.6 Å². The first-order chi connectivity index (χ1) is 22.1. The molecule has 0 bridgehead atoms. The van der Waals surface area contributed by atoms with Crippen molar-refractivity contribution in [3.05, 3.63) is 96.1 Å². The van der Waals surface area contributed by atoms with Crippen LogP contribution >= 0.6 is 0 Å². The van der Waals surface area contributed by atoms with Crippen molar-refractivity contribution in [2.24, 2.45) is 0 Å². The molecule has 46 heavy (non-hydrogen) atoms. The van der Waals surface area contributed by atoms with Crippen LogP contribution < -0.4 is 14.8 Å². The number of aryl methyl sites for hydroxylation is 1. The monoisotopic (exact) mass is 672 g/mol. The van der Waals surface area contributed by atoms with Crippen LogP contribution in [0.3, 0.4) is 0 Å². The predicted molar refractivity (Wildman–Crippen MR) is 176 cm³/mol. The summed E-state index contributed by atoms with van der Waals surface area (Å²) in [6.07, 6.45) is 0.908. The first-order valence-electron chi connectivity index (χ1n) is 14.9. The van der Waals surface area contributed by atoms with Gasteiger partial charge < -0.3 is 24.6 Å². The Hall–Kier alpha value is -4.14. The van der Waals surface area contributed by atoms with Gasteiger partial charge in [0, 0.05) is 31.9 Å². The highest BCUT2D eigenvalue weighted by Gasteiger charge is 2.38. The predicted octanol–water partition coefficient (Wildman–Crippen LogP) is 2.88. The van der Waals surface area contributed by atoms with E-state index in [1.54, 1.807) is 42.5 Å². The third kappa shape index (κ3) is 10.5. The van der Waals surface area contributed by atoms with Gasteiger partial charge in [0.2, 0.25) is 5.91 Å². The summed E-state index contributed by atoms with van der Waals surface area (Å²) in [5, 5.41) is 0.872. The van der Waals surface area contributed by atoms with Crippen LogP contribution in [-0.4, -0.2) is 96.2 Å². The number of carbonyl (C=O) groups excluding carboxylic acids is 2. The summed E-state index contributed by atoms with van der Waals surface area (Å²) >= 11 is 0. The van der Waals surface area contributed by atoms with E-state index < -0.39 is 55.2 Å². The van der Waals surface area contributed by atoms with Crippen LogP contribution in [0.4, 0.5) is 10.5 Å². The lowest BCUT2D eigenvalue weighted by Crippen LogP contribution is -2.53. The van der Waals surface area contributed by atoms with Crippen LogP contribution in [0.5, 0.6) is 5.75 Å². The second-order valence-corrected chi connectivity index (χ2v) is 14.7. The number of benzene rings is 3. The van der Waals surface area contributed by atoms with Gasteiger partial charge >= 0.3 is 6.03 Å². The summed E-state index contributed by atoms with van der Waals surface area (Å²) in [6.45, 7) is 0.772. The number of sulfonamides is 1. The molecule has 0 spiro atoms. The van der Waals surface area contributed by atoms with E-state index in [2.05, 4.69) is 10.0 Å². The van der Waals surface area contributed by atoms with Crippen LogP contribution in [-0.2, 0) is 41.6 Å². The van der Waals surface area contributed by atoms with Crippen molar-refractivity contribution in [3.8, 4) is 5.75 Å². The molecule has 0 unspecified atom stereocenters. The molecule has 1 fully saturated rings. The number of anilines is 1. The average Bonchev–Trinajstić information content (AvgIpc) is 3.05. The van der Waals surface area contributed by atoms with Gasteiger partial charge in [0.05, 0.1) is 26.1 Å². The number of rotatable bonds is 15. The smallest absolute Gasteiger partial charge is 0.317 e. The van der Waals surface area contributed by atoms with Crippen LogP contribution in [0.15, 0.2) is 84.9 Å². The molecular weight excluding hydrogens is 633 g/mol. The lowest BCUT2D eigenvalue weighted by molar-refractivity contribution is -0.129. The van der Waals surface area contributed by atoms with Crippen molar-refractivity contribution in [3.63, 3.8) is 0 Å². The molecule has 2 N–H and O–H groups in total. The Morgan fingerprint density at radius 2 is 1.50 bits per heavy atom. The molecule has 4 rings (SSSR count). The number of sulfone groups is 1. The van der Waals surface area contributed by atoms with Gasteiger partial charge in [-0.15, -0.1) is 0 Å². The highest BCUT2D eigenvalue weighted by atomic mass is 32.2. The minimum atomic E-state index is -4.22. The number of carbonyl (C=O) groups is 2. The third-order valence-electron chi connectivity index (χ3n) is 7.39. The molecule has 1 saturated heterocycles. The fraction of sp³-hybridized carbons (Fsp3) is 0.375. The largest absolute Gasteiger partial charge is 0.497 e. The van der Waals surface area contributed by atoms with Crippen LogP contribution in [0.25, 0.3) is 0 Å². The Balaban J connectivity index is 1.59. The maximum absolute atomic E-state index is 14.2. The number of methoxy groups -OCH3 is 1. The normalized spacial score (nSPS) is 14.2. The van der Waals surface area contributed by atoms with E-state index in [0.717, 1.165) is 10.5 Å². The molecule has 1 atom stereocenters. The van der Waals surface area contributed by atoms with Crippen LogP contribution in [0, 0.1) is 0 Å². The lowest BCUT2D eigenvalue weighted by Gasteiger charge is -2.30. The maximum atomic E-state index is 14.2. The van der Waals surface area contributed by atoms with Gasteiger partial charge in [-0.2, -0.15) is 0 Å². The Kier molecular flexibility index (Phi) is 12.4. The van der Waals surface area contributed by atoms with Crippen molar-refractivity contribution in [2.45, 2.75) is 23.8 Å². The zero-order chi connectivity index (χ0) is 33.0. The number of hydrogen-bond donors (Lipinski definition) is 2. The van der Waals surface area contributed by atoms with Crippen LogP contribution in [0.2, 0.25) is 0 Å². The fourth-order valence-corrected chi connectivity index (χ4v) is 7.85. The van der Waals surface area contributed by atoms with E-state index >= 15 is 0 Å².